The third-order valence-electron chi connectivity index (χ3n) is 2.85. The molecule has 0 aliphatic rings. The number of aryl methyl sites for hydroxylation is 1. The van der Waals surface area contributed by atoms with Crippen molar-refractivity contribution in [2.45, 2.75) is 39.0 Å². The lowest BCUT2D eigenvalue weighted by Crippen LogP contribution is -1.96. The highest BCUT2D eigenvalue weighted by Crippen LogP contribution is 2.12. The summed E-state index contributed by atoms with van der Waals surface area (Å²) in [4.78, 5) is 11.6. The molecular formula is C16H22O2. The Labute approximate surface area is 110 Å². The van der Waals surface area contributed by atoms with Crippen LogP contribution in [0.5, 0.6) is 5.75 Å². The van der Waals surface area contributed by atoms with Gasteiger partial charge < -0.3 is 4.74 Å². The monoisotopic (exact) mass is 246 g/mol. The SMILES string of the molecule is CCCC/C=C/C(=O)CCc1ccc(OC)cc1. The van der Waals surface area contributed by atoms with E-state index < -0.39 is 0 Å². The van der Waals surface area contributed by atoms with Gasteiger partial charge in [0, 0.05) is 6.42 Å². The molecule has 0 radical (unpaired) electrons. The van der Waals surface area contributed by atoms with Crippen molar-refractivity contribution in [3.05, 3.63) is 42.0 Å². The lowest BCUT2D eigenvalue weighted by molar-refractivity contribution is -0.114. The first-order valence-corrected chi connectivity index (χ1v) is 6.58. The maximum Gasteiger partial charge on any atom is 0.155 e. The molecule has 0 saturated heterocycles. The lowest BCUT2D eigenvalue weighted by Gasteiger charge is -2.02. The molecule has 0 bridgehead atoms. The van der Waals surface area contributed by atoms with E-state index in [0.717, 1.165) is 25.0 Å². The van der Waals surface area contributed by atoms with Gasteiger partial charge in [-0.2, -0.15) is 0 Å². The number of rotatable bonds is 8. The van der Waals surface area contributed by atoms with Crippen LogP contribution in [-0.2, 0) is 11.2 Å². The number of carbonyl (C=O) groups is 1. The predicted octanol–water partition coefficient (Wildman–Crippen LogP) is 3.94. The molecule has 0 spiro atoms. The molecular weight excluding hydrogens is 224 g/mol. The second-order valence-corrected chi connectivity index (χ2v) is 4.36. The summed E-state index contributed by atoms with van der Waals surface area (Å²) < 4.78 is 5.09. The van der Waals surface area contributed by atoms with Crippen molar-refractivity contribution in [2.24, 2.45) is 0 Å². The van der Waals surface area contributed by atoms with Crippen LogP contribution < -0.4 is 4.74 Å². The van der Waals surface area contributed by atoms with Crippen LogP contribution in [0.3, 0.4) is 0 Å². The lowest BCUT2D eigenvalue weighted by atomic mass is 10.1. The standard InChI is InChI=1S/C16H22O2/c1-3-4-5-6-7-15(17)11-8-14-9-12-16(18-2)13-10-14/h6-7,9-10,12-13H,3-5,8,11H2,1-2H3/b7-6+. The number of hydrogen-bond acceptors (Lipinski definition) is 2. The summed E-state index contributed by atoms with van der Waals surface area (Å²) in [5.74, 6) is 1.06. The van der Waals surface area contributed by atoms with Gasteiger partial charge in [-0.05, 0) is 36.6 Å². The molecule has 0 fully saturated rings. The molecule has 1 rings (SSSR count). The van der Waals surface area contributed by atoms with Crippen LogP contribution in [0, 0.1) is 0 Å². The summed E-state index contributed by atoms with van der Waals surface area (Å²) in [5, 5.41) is 0. The fourth-order valence-corrected chi connectivity index (χ4v) is 1.68. The van der Waals surface area contributed by atoms with Gasteiger partial charge in [-0.25, -0.2) is 0 Å². The summed E-state index contributed by atoms with van der Waals surface area (Å²) in [6.07, 6.45) is 8.41. The van der Waals surface area contributed by atoms with Crippen LogP contribution >= 0.6 is 0 Å². The third kappa shape index (κ3) is 5.67. The van der Waals surface area contributed by atoms with Gasteiger partial charge >= 0.3 is 0 Å². The van der Waals surface area contributed by atoms with E-state index in [2.05, 4.69) is 6.92 Å². The van der Waals surface area contributed by atoms with E-state index in [1.807, 2.05) is 30.3 Å². The molecule has 1 aromatic rings. The minimum absolute atomic E-state index is 0.210. The molecule has 0 aromatic heterocycles. The molecule has 0 heterocycles. The summed E-state index contributed by atoms with van der Waals surface area (Å²) in [6.45, 7) is 2.15. The van der Waals surface area contributed by atoms with E-state index >= 15 is 0 Å². The van der Waals surface area contributed by atoms with Crippen molar-refractivity contribution in [3.8, 4) is 5.75 Å². The second-order valence-electron chi connectivity index (χ2n) is 4.36. The molecule has 0 atom stereocenters. The molecule has 18 heavy (non-hydrogen) atoms. The second kappa shape index (κ2) is 8.51. The average Bonchev–Trinajstić information content (AvgIpc) is 2.42. The summed E-state index contributed by atoms with van der Waals surface area (Å²) in [6, 6.07) is 7.87. The zero-order valence-electron chi connectivity index (χ0n) is 11.3. The highest BCUT2D eigenvalue weighted by molar-refractivity contribution is 5.89. The van der Waals surface area contributed by atoms with Crippen molar-refractivity contribution >= 4 is 5.78 Å². The average molecular weight is 246 g/mol. The third-order valence-corrected chi connectivity index (χ3v) is 2.85. The molecule has 98 valence electrons. The van der Waals surface area contributed by atoms with Crippen LogP contribution in [0.15, 0.2) is 36.4 Å². The Morgan fingerprint density at radius 3 is 2.61 bits per heavy atom. The number of hydrogen-bond donors (Lipinski definition) is 0. The predicted molar refractivity (Wildman–Crippen MR) is 75.0 cm³/mol. The Kier molecular flexibility index (Phi) is 6.85. The zero-order valence-corrected chi connectivity index (χ0v) is 11.3. The zero-order chi connectivity index (χ0) is 13.2. The van der Waals surface area contributed by atoms with E-state index in [1.165, 1.54) is 12.0 Å². The van der Waals surface area contributed by atoms with E-state index in [4.69, 9.17) is 4.74 Å². The molecule has 0 aliphatic heterocycles. The number of unbranched alkanes of at least 4 members (excludes halogenated alkanes) is 2. The molecule has 1 aromatic carbocycles. The Morgan fingerprint density at radius 1 is 1.28 bits per heavy atom. The molecule has 0 amide bonds. The van der Waals surface area contributed by atoms with Crippen LogP contribution in [0.2, 0.25) is 0 Å². The quantitative estimate of drug-likeness (QED) is 0.513. The van der Waals surface area contributed by atoms with Gasteiger partial charge in [-0.1, -0.05) is 38.0 Å². The molecule has 0 unspecified atom stereocenters. The van der Waals surface area contributed by atoms with Gasteiger partial charge in [0.05, 0.1) is 7.11 Å². The fraction of sp³-hybridized carbons (Fsp3) is 0.438. The van der Waals surface area contributed by atoms with Gasteiger partial charge in [-0.3, -0.25) is 4.79 Å². The topological polar surface area (TPSA) is 26.3 Å². The molecule has 2 nitrogen and oxygen atoms in total. The van der Waals surface area contributed by atoms with Gasteiger partial charge in [-0.15, -0.1) is 0 Å². The summed E-state index contributed by atoms with van der Waals surface area (Å²) in [5.41, 5.74) is 1.17. The fourth-order valence-electron chi connectivity index (χ4n) is 1.68. The number of methoxy groups -OCH3 is 1. The Bertz CT molecular complexity index is 377. The maximum absolute atomic E-state index is 11.6. The normalized spacial score (nSPS) is 10.8. The van der Waals surface area contributed by atoms with Gasteiger partial charge in [0.15, 0.2) is 5.78 Å². The van der Waals surface area contributed by atoms with Crippen molar-refractivity contribution in [1.29, 1.82) is 0 Å². The summed E-state index contributed by atoms with van der Waals surface area (Å²) in [7, 11) is 1.65. The van der Waals surface area contributed by atoms with Crippen LogP contribution in [0.25, 0.3) is 0 Å². The van der Waals surface area contributed by atoms with Crippen molar-refractivity contribution in [1.82, 2.24) is 0 Å². The van der Waals surface area contributed by atoms with E-state index in [-0.39, 0.29) is 5.78 Å². The van der Waals surface area contributed by atoms with Crippen LogP contribution in [0.1, 0.15) is 38.2 Å². The first-order valence-electron chi connectivity index (χ1n) is 6.58. The van der Waals surface area contributed by atoms with Crippen LogP contribution in [-0.4, -0.2) is 12.9 Å². The highest BCUT2D eigenvalue weighted by Gasteiger charge is 1.99. The first kappa shape index (κ1) is 14.5. The van der Waals surface area contributed by atoms with Crippen molar-refractivity contribution in [3.63, 3.8) is 0 Å². The number of allylic oxidation sites excluding steroid dienone is 2. The summed E-state index contributed by atoms with van der Waals surface area (Å²) >= 11 is 0. The minimum atomic E-state index is 0.210. The maximum atomic E-state index is 11.6. The highest BCUT2D eigenvalue weighted by atomic mass is 16.5. The van der Waals surface area contributed by atoms with Crippen LogP contribution in [0.4, 0.5) is 0 Å². The van der Waals surface area contributed by atoms with Gasteiger partial charge in [0.25, 0.3) is 0 Å². The molecule has 2 heteroatoms. The Hall–Kier alpha value is -1.57. The van der Waals surface area contributed by atoms with E-state index in [9.17, 15) is 4.79 Å². The Morgan fingerprint density at radius 2 is 2.00 bits per heavy atom. The van der Waals surface area contributed by atoms with Crippen molar-refractivity contribution in [2.75, 3.05) is 7.11 Å². The van der Waals surface area contributed by atoms with Gasteiger partial charge in [0.2, 0.25) is 0 Å². The van der Waals surface area contributed by atoms with Gasteiger partial charge in [0.1, 0.15) is 5.75 Å². The van der Waals surface area contributed by atoms with Crippen molar-refractivity contribution < 1.29 is 9.53 Å². The largest absolute Gasteiger partial charge is 0.497 e. The molecule has 0 N–H and O–H groups in total. The van der Waals surface area contributed by atoms with E-state index in [0.29, 0.717) is 6.42 Å². The smallest absolute Gasteiger partial charge is 0.155 e. The number of ether oxygens (including phenoxy) is 1. The first-order chi connectivity index (χ1) is 8.76. The number of ketones is 1. The van der Waals surface area contributed by atoms with E-state index in [1.54, 1.807) is 13.2 Å². The molecule has 0 saturated carbocycles. The minimum Gasteiger partial charge on any atom is -0.497 e. The Balaban J connectivity index is 2.30. The number of benzene rings is 1. The molecule has 0 aliphatic carbocycles. The number of carbonyl (C=O) groups excluding carboxylic acids is 1.